The fourth-order valence-corrected chi connectivity index (χ4v) is 1.55. The summed E-state index contributed by atoms with van der Waals surface area (Å²) in [4.78, 5) is 3.99. The summed E-state index contributed by atoms with van der Waals surface area (Å²) in [6, 6.07) is 9.44. The molecule has 3 nitrogen and oxygen atoms in total. The van der Waals surface area contributed by atoms with Crippen LogP contribution < -0.4 is 5.73 Å². The van der Waals surface area contributed by atoms with Gasteiger partial charge in [0.1, 0.15) is 6.07 Å². The highest BCUT2D eigenvalue weighted by atomic mass is 19.4. The van der Waals surface area contributed by atoms with Crippen molar-refractivity contribution in [2.24, 2.45) is 0 Å². The molecule has 0 saturated heterocycles. The Kier molecular flexibility index (Phi) is 3.13. The van der Waals surface area contributed by atoms with Crippen LogP contribution in [0.4, 0.5) is 18.9 Å². The van der Waals surface area contributed by atoms with Gasteiger partial charge in [-0.1, -0.05) is 12.1 Å². The van der Waals surface area contributed by atoms with Gasteiger partial charge in [-0.05, 0) is 24.3 Å². The summed E-state index contributed by atoms with van der Waals surface area (Å²) in [5.41, 5.74) is 5.98. The molecule has 0 saturated carbocycles. The van der Waals surface area contributed by atoms with E-state index in [4.69, 9.17) is 11.0 Å². The van der Waals surface area contributed by atoms with Crippen molar-refractivity contribution in [2.45, 2.75) is 6.18 Å². The quantitative estimate of drug-likeness (QED) is 0.859. The second-order valence-corrected chi connectivity index (χ2v) is 3.82. The van der Waals surface area contributed by atoms with E-state index in [9.17, 15) is 13.2 Å². The number of pyridine rings is 1. The number of nitrogen functional groups attached to an aromatic ring is 1. The zero-order valence-corrected chi connectivity index (χ0v) is 9.57. The molecule has 0 atom stereocenters. The molecule has 0 spiro atoms. The summed E-state index contributed by atoms with van der Waals surface area (Å²) in [5.74, 6) is 0. The fourth-order valence-electron chi connectivity index (χ4n) is 1.55. The van der Waals surface area contributed by atoms with Gasteiger partial charge in [0.25, 0.3) is 0 Å². The minimum Gasteiger partial charge on any atom is -0.396 e. The van der Waals surface area contributed by atoms with Crippen LogP contribution in [0, 0.1) is 11.3 Å². The average Bonchev–Trinajstić information content (AvgIpc) is 2.38. The molecule has 1 aromatic carbocycles. The Bertz CT molecular complexity index is 640. The molecular formula is C13H8F3N3. The Morgan fingerprint density at radius 2 is 1.68 bits per heavy atom. The Morgan fingerprint density at radius 3 is 2.21 bits per heavy atom. The first-order chi connectivity index (χ1) is 8.91. The third kappa shape index (κ3) is 2.65. The number of rotatable bonds is 1. The van der Waals surface area contributed by atoms with E-state index in [2.05, 4.69) is 4.98 Å². The monoisotopic (exact) mass is 263 g/mol. The van der Waals surface area contributed by atoms with E-state index >= 15 is 0 Å². The lowest BCUT2D eigenvalue weighted by molar-refractivity contribution is -0.137. The molecule has 0 radical (unpaired) electrons. The molecule has 1 heterocycles. The van der Waals surface area contributed by atoms with Crippen LogP contribution in [0.25, 0.3) is 11.3 Å². The maximum Gasteiger partial charge on any atom is 0.416 e. The van der Waals surface area contributed by atoms with Crippen molar-refractivity contribution in [3.8, 4) is 17.3 Å². The number of halogens is 3. The SMILES string of the molecule is N#Cc1nc(-c2ccc(C(F)(F)F)cc2)ccc1N. The molecule has 0 unspecified atom stereocenters. The van der Waals surface area contributed by atoms with Crippen molar-refractivity contribution in [2.75, 3.05) is 5.73 Å². The van der Waals surface area contributed by atoms with Gasteiger partial charge < -0.3 is 5.73 Å². The number of hydrogen-bond donors (Lipinski definition) is 1. The topological polar surface area (TPSA) is 62.7 Å². The predicted octanol–water partition coefficient (Wildman–Crippen LogP) is 3.22. The standard InChI is InChI=1S/C13H8F3N3/c14-13(15,16)9-3-1-8(2-4-9)11-6-5-10(18)12(7-17)19-11/h1-6H,18H2. The van der Waals surface area contributed by atoms with E-state index in [0.29, 0.717) is 11.3 Å². The van der Waals surface area contributed by atoms with Crippen molar-refractivity contribution in [1.82, 2.24) is 4.98 Å². The second-order valence-electron chi connectivity index (χ2n) is 3.82. The van der Waals surface area contributed by atoms with Crippen molar-refractivity contribution < 1.29 is 13.2 Å². The lowest BCUT2D eigenvalue weighted by Crippen LogP contribution is -2.04. The van der Waals surface area contributed by atoms with Gasteiger partial charge in [-0.15, -0.1) is 0 Å². The molecule has 0 fully saturated rings. The number of benzene rings is 1. The van der Waals surface area contributed by atoms with E-state index in [1.165, 1.54) is 18.2 Å². The van der Waals surface area contributed by atoms with E-state index < -0.39 is 11.7 Å². The summed E-state index contributed by atoms with van der Waals surface area (Å²) in [6.45, 7) is 0. The second kappa shape index (κ2) is 4.61. The number of hydrogen-bond acceptors (Lipinski definition) is 3. The molecule has 6 heteroatoms. The van der Waals surface area contributed by atoms with E-state index in [1.54, 1.807) is 6.07 Å². The van der Waals surface area contributed by atoms with Crippen LogP contribution in [0.15, 0.2) is 36.4 Å². The number of anilines is 1. The normalized spacial score (nSPS) is 11.1. The van der Waals surface area contributed by atoms with Crippen LogP contribution in [-0.2, 0) is 6.18 Å². The minimum absolute atomic E-state index is 0.0531. The van der Waals surface area contributed by atoms with Crippen molar-refractivity contribution in [3.05, 3.63) is 47.7 Å². The third-order valence-corrected chi connectivity index (χ3v) is 2.54. The number of nitrogens with two attached hydrogens (primary N) is 1. The van der Waals surface area contributed by atoms with Crippen molar-refractivity contribution >= 4 is 5.69 Å². The van der Waals surface area contributed by atoms with Gasteiger partial charge in [0.2, 0.25) is 0 Å². The first-order valence-corrected chi connectivity index (χ1v) is 5.26. The number of alkyl halides is 3. The van der Waals surface area contributed by atoms with Crippen LogP contribution >= 0.6 is 0 Å². The third-order valence-electron chi connectivity index (χ3n) is 2.54. The Labute approximate surface area is 107 Å². The highest BCUT2D eigenvalue weighted by molar-refractivity contribution is 5.64. The summed E-state index contributed by atoms with van der Waals surface area (Å²) in [6.07, 6.45) is -4.37. The van der Waals surface area contributed by atoms with Gasteiger partial charge in [0, 0.05) is 5.56 Å². The lowest BCUT2D eigenvalue weighted by atomic mass is 10.1. The van der Waals surface area contributed by atoms with Crippen LogP contribution in [0.2, 0.25) is 0 Å². The summed E-state index contributed by atoms with van der Waals surface area (Å²) in [7, 11) is 0. The van der Waals surface area contributed by atoms with Gasteiger partial charge in [-0.2, -0.15) is 18.4 Å². The minimum atomic E-state index is -4.37. The molecule has 2 rings (SSSR count). The van der Waals surface area contributed by atoms with Gasteiger partial charge in [-0.3, -0.25) is 0 Å². The zero-order chi connectivity index (χ0) is 14.0. The smallest absolute Gasteiger partial charge is 0.396 e. The molecule has 2 aromatic rings. The fraction of sp³-hybridized carbons (Fsp3) is 0.0769. The molecule has 0 amide bonds. The highest BCUT2D eigenvalue weighted by Gasteiger charge is 2.29. The van der Waals surface area contributed by atoms with Crippen LogP contribution in [0.3, 0.4) is 0 Å². The van der Waals surface area contributed by atoms with E-state index in [0.717, 1.165) is 12.1 Å². The van der Waals surface area contributed by atoms with Crippen molar-refractivity contribution in [3.63, 3.8) is 0 Å². The molecule has 19 heavy (non-hydrogen) atoms. The maximum atomic E-state index is 12.4. The molecule has 1 aromatic heterocycles. The Morgan fingerprint density at radius 1 is 1.05 bits per heavy atom. The zero-order valence-electron chi connectivity index (χ0n) is 9.57. The molecule has 0 bridgehead atoms. The Balaban J connectivity index is 2.41. The molecule has 0 aliphatic carbocycles. The highest BCUT2D eigenvalue weighted by Crippen LogP contribution is 2.30. The summed E-state index contributed by atoms with van der Waals surface area (Å²) >= 11 is 0. The Hall–Kier alpha value is -2.55. The first kappa shape index (κ1) is 12.9. The lowest BCUT2D eigenvalue weighted by Gasteiger charge is -2.07. The number of aromatic nitrogens is 1. The van der Waals surface area contributed by atoms with Crippen LogP contribution in [0.1, 0.15) is 11.3 Å². The van der Waals surface area contributed by atoms with Gasteiger partial charge in [0.15, 0.2) is 5.69 Å². The summed E-state index contributed by atoms with van der Waals surface area (Å²) < 4.78 is 37.3. The van der Waals surface area contributed by atoms with Crippen LogP contribution in [-0.4, -0.2) is 4.98 Å². The average molecular weight is 263 g/mol. The predicted molar refractivity (Wildman–Crippen MR) is 63.8 cm³/mol. The van der Waals surface area contributed by atoms with Crippen LogP contribution in [0.5, 0.6) is 0 Å². The van der Waals surface area contributed by atoms with Gasteiger partial charge in [0.05, 0.1) is 16.9 Å². The van der Waals surface area contributed by atoms with Gasteiger partial charge in [-0.25, -0.2) is 4.98 Å². The molecule has 2 N–H and O–H groups in total. The maximum absolute atomic E-state index is 12.4. The molecular weight excluding hydrogens is 255 g/mol. The largest absolute Gasteiger partial charge is 0.416 e. The van der Waals surface area contributed by atoms with Crippen molar-refractivity contribution in [1.29, 1.82) is 5.26 Å². The summed E-state index contributed by atoms with van der Waals surface area (Å²) in [5, 5.41) is 8.80. The number of nitriles is 1. The molecule has 0 aliphatic rings. The number of nitrogens with zero attached hydrogens (tertiary/aromatic N) is 2. The van der Waals surface area contributed by atoms with Gasteiger partial charge >= 0.3 is 6.18 Å². The molecule has 0 aliphatic heterocycles. The first-order valence-electron chi connectivity index (χ1n) is 5.26. The van der Waals surface area contributed by atoms with E-state index in [1.807, 2.05) is 6.07 Å². The van der Waals surface area contributed by atoms with E-state index in [-0.39, 0.29) is 11.4 Å². The molecule has 96 valence electrons.